The van der Waals surface area contributed by atoms with Crippen LogP contribution in [0, 0.1) is 6.92 Å². The lowest BCUT2D eigenvalue weighted by Gasteiger charge is -2.14. The average molecular weight is 378 g/mol. The van der Waals surface area contributed by atoms with Gasteiger partial charge in [0.25, 0.3) is 11.1 Å². The summed E-state index contributed by atoms with van der Waals surface area (Å²) in [5, 5.41) is 0.488. The number of imide groups is 1. The Morgan fingerprint density at radius 1 is 1.08 bits per heavy atom. The Balaban J connectivity index is 1.88. The van der Waals surface area contributed by atoms with Crippen molar-refractivity contribution < 1.29 is 9.59 Å². The topological polar surface area (TPSA) is 37.4 Å². The maximum atomic E-state index is 12.6. The summed E-state index contributed by atoms with van der Waals surface area (Å²) in [6, 6.07) is 12.9. The fraction of sp³-hybridized carbons (Fsp3) is 0.111. The van der Waals surface area contributed by atoms with Gasteiger partial charge < -0.3 is 0 Å². The molecule has 2 aromatic carbocycles. The van der Waals surface area contributed by atoms with Gasteiger partial charge in [-0.2, -0.15) is 0 Å². The monoisotopic (exact) mass is 377 g/mol. The van der Waals surface area contributed by atoms with Gasteiger partial charge in [-0.1, -0.05) is 59.6 Å². The summed E-state index contributed by atoms with van der Waals surface area (Å²) in [5.41, 5.74) is 2.60. The number of carbonyl (C=O) groups excluding carboxylic acids is 2. The Bertz CT molecular complexity index is 864. The van der Waals surface area contributed by atoms with Gasteiger partial charge in [-0.15, -0.1) is 0 Å². The molecule has 0 radical (unpaired) electrons. The third kappa shape index (κ3) is 3.36. The molecule has 0 spiro atoms. The fourth-order valence-corrected chi connectivity index (χ4v) is 3.56. The minimum Gasteiger partial charge on any atom is -0.268 e. The van der Waals surface area contributed by atoms with Crippen LogP contribution in [-0.2, 0) is 11.3 Å². The summed E-state index contributed by atoms with van der Waals surface area (Å²) < 4.78 is 0. The molecule has 2 aromatic rings. The molecule has 1 saturated heterocycles. The maximum Gasteiger partial charge on any atom is 0.293 e. The van der Waals surface area contributed by atoms with Crippen LogP contribution >= 0.6 is 35.0 Å². The van der Waals surface area contributed by atoms with Crippen LogP contribution in [0.5, 0.6) is 0 Å². The van der Waals surface area contributed by atoms with E-state index in [0.717, 1.165) is 22.9 Å². The molecule has 0 aliphatic carbocycles. The molecule has 0 bridgehead atoms. The molecular formula is C18H13Cl2NO2S. The Hall–Kier alpha value is -1.75. The summed E-state index contributed by atoms with van der Waals surface area (Å²) in [4.78, 5) is 26.4. The molecule has 1 fully saturated rings. The first-order valence-electron chi connectivity index (χ1n) is 7.21. The Morgan fingerprint density at radius 3 is 2.58 bits per heavy atom. The van der Waals surface area contributed by atoms with Crippen LogP contribution in [0.1, 0.15) is 16.7 Å². The number of benzene rings is 2. The van der Waals surface area contributed by atoms with Crippen molar-refractivity contribution in [3.8, 4) is 0 Å². The highest BCUT2D eigenvalue weighted by Crippen LogP contribution is 2.35. The molecule has 1 heterocycles. The van der Waals surface area contributed by atoms with Crippen molar-refractivity contribution >= 4 is 52.2 Å². The van der Waals surface area contributed by atoms with Crippen molar-refractivity contribution in [2.75, 3.05) is 0 Å². The lowest BCUT2D eigenvalue weighted by atomic mass is 10.1. The highest BCUT2D eigenvalue weighted by Gasteiger charge is 2.35. The number of aryl methyl sites for hydroxylation is 1. The number of hydrogen-bond acceptors (Lipinski definition) is 3. The third-order valence-corrected chi connectivity index (χ3v) is 5.47. The summed E-state index contributed by atoms with van der Waals surface area (Å²) in [6.07, 6.45) is 1.61. The van der Waals surface area contributed by atoms with Crippen molar-refractivity contribution in [1.82, 2.24) is 4.90 Å². The third-order valence-electron chi connectivity index (χ3n) is 3.73. The number of halogens is 2. The number of amides is 2. The van der Waals surface area contributed by atoms with E-state index in [-0.39, 0.29) is 17.7 Å². The second-order valence-electron chi connectivity index (χ2n) is 5.34. The average Bonchev–Trinajstić information content (AvgIpc) is 2.81. The van der Waals surface area contributed by atoms with E-state index in [2.05, 4.69) is 0 Å². The van der Waals surface area contributed by atoms with E-state index in [1.165, 1.54) is 4.90 Å². The molecule has 3 nitrogen and oxygen atoms in total. The lowest BCUT2D eigenvalue weighted by Crippen LogP contribution is -2.27. The molecule has 0 unspecified atom stereocenters. The molecule has 0 atom stereocenters. The van der Waals surface area contributed by atoms with Gasteiger partial charge in [0, 0.05) is 0 Å². The first-order valence-corrected chi connectivity index (χ1v) is 8.78. The van der Waals surface area contributed by atoms with Crippen molar-refractivity contribution in [1.29, 1.82) is 0 Å². The molecule has 6 heteroatoms. The van der Waals surface area contributed by atoms with Crippen LogP contribution in [-0.4, -0.2) is 16.0 Å². The highest BCUT2D eigenvalue weighted by molar-refractivity contribution is 8.18. The van der Waals surface area contributed by atoms with Crippen molar-refractivity contribution in [3.63, 3.8) is 0 Å². The van der Waals surface area contributed by atoms with Gasteiger partial charge in [-0.25, -0.2) is 0 Å². The Kier molecular flexibility index (Phi) is 4.99. The van der Waals surface area contributed by atoms with E-state index in [9.17, 15) is 9.59 Å². The van der Waals surface area contributed by atoms with E-state index in [4.69, 9.17) is 23.2 Å². The predicted molar refractivity (Wildman–Crippen MR) is 99.2 cm³/mol. The minimum absolute atomic E-state index is 0.262. The van der Waals surface area contributed by atoms with Gasteiger partial charge in [-0.05, 0) is 47.5 Å². The highest BCUT2D eigenvalue weighted by atomic mass is 35.5. The minimum atomic E-state index is -0.315. The second kappa shape index (κ2) is 7.01. The summed E-state index contributed by atoms with van der Waals surface area (Å²) in [7, 11) is 0. The number of rotatable bonds is 3. The van der Waals surface area contributed by atoms with Gasteiger partial charge in [0.1, 0.15) is 0 Å². The van der Waals surface area contributed by atoms with Crippen LogP contribution < -0.4 is 0 Å². The van der Waals surface area contributed by atoms with Crippen molar-refractivity contribution in [2.45, 2.75) is 13.5 Å². The normalized spacial score (nSPS) is 16.3. The summed E-state index contributed by atoms with van der Waals surface area (Å²) in [6.45, 7) is 2.22. The van der Waals surface area contributed by atoms with Gasteiger partial charge >= 0.3 is 0 Å². The summed E-state index contributed by atoms with van der Waals surface area (Å²) >= 11 is 13.0. The standard InChI is InChI=1S/C18H13Cl2NO2S/c1-11-5-2-3-6-13(11)10-21-17(22)15(24-18(21)23)9-12-7-4-8-14(19)16(12)20/h2-9H,10H2,1H3/b15-9-. The molecule has 2 amide bonds. The van der Waals surface area contributed by atoms with Crippen LogP contribution in [0.2, 0.25) is 10.0 Å². The van der Waals surface area contributed by atoms with E-state index < -0.39 is 0 Å². The molecule has 0 saturated carbocycles. The molecule has 3 rings (SSSR count). The van der Waals surface area contributed by atoms with E-state index in [1.54, 1.807) is 24.3 Å². The molecule has 0 aromatic heterocycles. The molecule has 24 heavy (non-hydrogen) atoms. The number of nitrogens with zero attached hydrogens (tertiary/aromatic N) is 1. The van der Waals surface area contributed by atoms with E-state index in [0.29, 0.717) is 20.5 Å². The number of hydrogen-bond donors (Lipinski definition) is 0. The number of carbonyl (C=O) groups is 2. The van der Waals surface area contributed by atoms with Crippen LogP contribution in [0.15, 0.2) is 47.4 Å². The van der Waals surface area contributed by atoms with E-state index >= 15 is 0 Å². The SMILES string of the molecule is Cc1ccccc1CN1C(=O)S/C(=C\c2cccc(Cl)c2Cl)C1=O. The van der Waals surface area contributed by atoms with Crippen LogP contribution in [0.25, 0.3) is 6.08 Å². The van der Waals surface area contributed by atoms with E-state index in [1.807, 2.05) is 31.2 Å². The van der Waals surface area contributed by atoms with Gasteiger partial charge in [0.15, 0.2) is 0 Å². The smallest absolute Gasteiger partial charge is 0.268 e. The zero-order valence-corrected chi connectivity index (χ0v) is 15.1. The predicted octanol–water partition coefficient (Wildman–Crippen LogP) is 5.54. The fourth-order valence-electron chi connectivity index (χ4n) is 2.37. The van der Waals surface area contributed by atoms with Gasteiger partial charge in [0.2, 0.25) is 0 Å². The quantitative estimate of drug-likeness (QED) is 0.659. The lowest BCUT2D eigenvalue weighted by molar-refractivity contribution is -0.123. The molecule has 122 valence electrons. The van der Waals surface area contributed by atoms with Crippen molar-refractivity contribution in [2.24, 2.45) is 0 Å². The maximum absolute atomic E-state index is 12.6. The molecule has 0 N–H and O–H groups in total. The zero-order valence-electron chi connectivity index (χ0n) is 12.8. The van der Waals surface area contributed by atoms with Crippen LogP contribution in [0.4, 0.5) is 4.79 Å². The summed E-state index contributed by atoms with van der Waals surface area (Å²) in [5.74, 6) is -0.315. The first-order chi connectivity index (χ1) is 11.5. The van der Waals surface area contributed by atoms with Gasteiger partial charge in [0.05, 0.1) is 21.5 Å². The van der Waals surface area contributed by atoms with Crippen molar-refractivity contribution in [3.05, 3.63) is 74.1 Å². The Morgan fingerprint density at radius 2 is 1.83 bits per heavy atom. The van der Waals surface area contributed by atoms with Crippen LogP contribution in [0.3, 0.4) is 0 Å². The molecular weight excluding hydrogens is 365 g/mol. The molecule has 1 aliphatic heterocycles. The zero-order chi connectivity index (χ0) is 17.3. The largest absolute Gasteiger partial charge is 0.293 e. The second-order valence-corrected chi connectivity index (χ2v) is 7.12. The van der Waals surface area contributed by atoms with Gasteiger partial charge in [-0.3, -0.25) is 14.5 Å². The first kappa shape index (κ1) is 17.1. The molecule has 1 aliphatic rings. The number of thioether (sulfide) groups is 1. The Labute approximate surface area is 154 Å².